The van der Waals surface area contributed by atoms with Gasteiger partial charge in [-0.1, -0.05) is 6.08 Å². The summed E-state index contributed by atoms with van der Waals surface area (Å²) in [5.41, 5.74) is 2.07. The van der Waals surface area contributed by atoms with E-state index in [-0.39, 0.29) is 5.78 Å². The van der Waals surface area contributed by atoms with Crippen LogP contribution in [0.5, 0.6) is 0 Å². The molecule has 0 radical (unpaired) electrons. The van der Waals surface area contributed by atoms with E-state index in [0.717, 1.165) is 31.4 Å². The number of carbonyl (C=O) groups excluding carboxylic acids is 1. The average molecular weight is 341 g/mol. The largest absolute Gasteiger partial charge is 0.366 e. The molecule has 0 atom stereocenters. The molecule has 6 heteroatoms. The molecule has 0 unspecified atom stereocenters. The van der Waals surface area contributed by atoms with Crippen molar-refractivity contribution < 1.29 is 4.79 Å². The van der Waals surface area contributed by atoms with E-state index >= 15 is 0 Å². The van der Waals surface area contributed by atoms with Crippen LogP contribution >= 0.6 is 22.7 Å². The van der Waals surface area contributed by atoms with Crippen molar-refractivity contribution in [2.24, 2.45) is 0 Å². The molecule has 4 rings (SSSR count). The molecule has 3 heterocycles. The Balaban J connectivity index is 1.63. The summed E-state index contributed by atoms with van der Waals surface area (Å²) in [7, 11) is 0. The molecule has 0 saturated heterocycles. The van der Waals surface area contributed by atoms with Crippen molar-refractivity contribution in [3.8, 4) is 0 Å². The Hall–Kier alpha value is -2.05. The number of anilines is 1. The number of rotatable bonds is 5. The van der Waals surface area contributed by atoms with Gasteiger partial charge in [0, 0.05) is 21.9 Å². The van der Waals surface area contributed by atoms with Gasteiger partial charge in [-0.2, -0.15) is 0 Å². The summed E-state index contributed by atoms with van der Waals surface area (Å²) in [6.07, 6.45) is 8.16. The summed E-state index contributed by atoms with van der Waals surface area (Å²) < 4.78 is 1.11. The fourth-order valence-electron chi connectivity index (χ4n) is 2.31. The monoisotopic (exact) mass is 341 g/mol. The second-order valence-electron chi connectivity index (χ2n) is 5.60. The second-order valence-corrected chi connectivity index (χ2v) is 7.60. The van der Waals surface area contributed by atoms with Gasteiger partial charge < -0.3 is 5.32 Å². The van der Waals surface area contributed by atoms with Crippen molar-refractivity contribution in [1.29, 1.82) is 0 Å². The van der Waals surface area contributed by atoms with Crippen LogP contribution in [0.15, 0.2) is 23.8 Å². The van der Waals surface area contributed by atoms with E-state index in [1.54, 1.807) is 24.6 Å². The number of nitrogens with zero attached hydrogens (tertiary/aromatic N) is 2. The first-order chi connectivity index (χ1) is 11.2. The highest BCUT2D eigenvalue weighted by Crippen LogP contribution is 2.33. The fraction of sp³-hybridized carbons (Fsp3) is 0.235. The smallest absolute Gasteiger partial charge is 0.169 e. The standard InChI is InChI=1S/C17H15N3OS2/c1-10(21)14-7-6-13(23-14)5-2-11-8-22-16-15(11)18-9-19-17(16)20-12-3-4-12/h2,5-9,12H,3-4H2,1H3,(H,18,19,20)/b5-2+. The SMILES string of the molecule is CC(=O)c1ccc(/C=C/c2csc3c(NC4CC4)ncnc23)s1. The maximum absolute atomic E-state index is 11.4. The third-order valence-electron chi connectivity index (χ3n) is 3.70. The molecule has 0 aliphatic heterocycles. The van der Waals surface area contributed by atoms with Gasteiger partial charge in [0.1, 0.15) is 12.1 Å². The minimum absolute atomic E-state index is 0.110. The third kappa shape index (κ3) is 3.04. The Morgan fingerprint density at radius 3 is 2.91 bits per heavy atom. The highest BCUT2D eigenvalue weighted by Gasteiger charge is 2.22. The summed E-state index contributed by atoms with van der Waals surface area (Å²) in [4.78, 5) is 22.0. The van der Waals surface area contributed by atoms with E-state index in [9.17, 15) is 4.79 Å². The molecule has 23 heavy (non-hydrogen) atoms. The summed E-state index contributed by atoms with van der Waals surface area (Å²) in [6, 6.07) is 4.42. The van der Waals surface area contributed by atoms with Gasteiger partial charge in [-0.3, -0.25) is 4.79 Å². The summed E-state index contributed by atoms with van der Waals surface area (Å²) in [5, 5.41) is 5.57. The van der Waals surface area contributed by atoms with Crippen LogP contribution in [0.4, 0.5) is 5.82 Å². The average Bonchev–Trinajstić information content (AvgIpc) is 3.07. The van der Waals surface area contributed by atoms with Crippen molar-refractivity contribution in [1.82, 2.24) is 9.97 Å². The predicted molar refractivity (Wildman–Crippen MR) is 97.3 cm³/mol. The molecule has 0 aromatic carbocycles. The van der Waals surface area contributed by atoms with Gasteiger partial charge in [-0.05, 0) is 38.0 Å². The van der Waals surface area contributed by atoms with Crippen LogP contribution in [0.3, 0.4) is 0 Å². The number of aromatic nitrogens is 2. The molecule has 0 spiro atoms. The van der Waals surface area contributed by atoms with E-state index in [1.807, 2.05) is 18.2 Å². The first-order valence-electron chi connectivity index (χ1n) is 7.48. The predicted octanol–water partition coefficient (Wildman–Crippen LogP) is 4.70. The fourth-order valence-corrected chi connectivity index (χ4v) is 4.06. The van der Waals surface area contributed by atoms with E-state index < -0.39 is 0 Å². The lowest BCUT2D eigenvalue weighted by Crippen LogP contribution is -2.03. The number of fused-ring (bicyclic) bond motifs is 1. The maximum Gasteiger partial charge on any atom is 0.169 e. The van der Waals surface area contributed by atoms with Crippen molar-refractivity contribution in [3.63, 3.8) is 0 Å². The van der Waals surface area contributed by atoms with Crippen LogP contribution in [0.1, 0.15) is 39.9 Å². The molecule has 1 fully saturated rings. The van der Waals surface area contributed by atoms with Gasteiger partial charge in [0.15, 0.2) is 5.78 Å². The van der Waals surface area contributed by atoms with E-state index in [1.165, 1.54) is 24.2 Å². The van der Waals surface area contributed by atoms with Crippen molar-refractivity contribution in [3.05, 3.63) is 39.2 Å². The topological polar surface area (TPSA) is 54.9 Å². The molecule has 1 N–H and O–H groups in total. The van der Waals surface area contributed by atoms with Crippen molar-refractivity contribution >= 4 is 56.6 Å². The number of Topliss-reactive ketones (excluding diaryl/α,β-unsaturated/α-hetero) is 1. The van der Waals surface area contributed by atoms with Crippen LogP contribution in [-0.4, -0.2) is 21.8 Å². The van der Waals surface area contributed by atoms with Gasteiger partial charge in [0.25, 0.3) is 0 Å². The zero-order valence-corrected chi connectivity index (χ0v) is 14.2. The first kappa shape index (κ1) is 14.5. The molecular formula is C17H15N3OS2. The molecule has 3 aromatic rings. The van der Waals surface area contributed by atoms with Gasteiger partial charge in [0.2, 0.25) is 0 Å². The van der Waals surface area contributed by atoms with E-state index in [2.05, 4.69) is 26.7 Å². The molecule has 0 bridgehead atoms. The highest BCUT2D eigenvalue weighted by atomic mass is 32.1. The number of hydrogen-bond acceptors (Lipinski definition) is 6. The Morgan fingerprint density at radius 1 is 1.30 bits per heavy atom. The normalized spacial score (nSPS) is 14.7. The quantitative estimate of drug-likeness (QED) is 0.683. The van der Waals surface area contributed by atoms with Crippen LogP contribution in [-0.2, 0) is 0 Å². The molecule has 1 aliphatic rings. The number of ketones is 1. The Labute approximate surface area is 141 Å². The van der Waals surface area contributed by atoms with Gasteiger partial charge in [-0.25, -0.2) is 9.97 Å². The van der Waals surface area contributed by atoms with E-state index in [0.29, 0.717) is 6.04 Å². The minimum Gasteiger partial charge on any atom is -0.366 e. The first-order valence-corrected chi connectivity index (χ1v) is 9.18. The zero-order chi connectivity index (χ0) is 15.8. The molecule has 116 valence electrons. The Bertz CT molecular complexity index is 906. The van der Waals surface area contributed by atoms with Crippen LogP contribution < -0.4 is 5.32 Å². The third-order valence-corrected chi connectivity index (χ3v) is 5.85. The summed E-state index contributed by atoms with van der Waals surface area (Å²) in [5.74, 6) is 1.05. The number of carbonyl (C=O) groups is 1. The Kier molecular flexibility index (Phi) is 3.71. The van der Waals surface area contributed by atoms with E-state index in [4.69, 9.17) is 0 Å². The number of nitrogens with one attached hydrogen (secondary N) is 1. The molecule has 3 aromatic heterocycles. The molecule has 4 nitrogen and oxygen atoms in total. The van der Waals surface area contributed by atoms with Crippen molar-refractivity contribution in [2.75, 3.05) is 5.32 Å². The molecule has 1 saturated carbocycles. The van der Waals surface area contributed by atoms with Gasteiger partial charge in [0.05, 0.1) is 15.1 Å². The second kappa shape index (κ2) is 5.86. The molecule has 0 amide bonds. The van der Waals surface area contributed by atoms with Crippen LogP contribution in [0.2, 0.25) is 0 Å². The minimum atomic E-state index is 0.110. The molecule has 1 aliphatic carbocycles. The summed E-state index contributed by atoms with van der Waals surface area (Å²) in [6.45, 7) is 1.59. The highest BCUT2D eigenvalue weighted by molar-refractivity contribution is 7.18. The van der Waals surface area contributed by atoms with Crippen LogP contribution in [0.25, 0.3) is 22.4 Å². The number of thiophene rings is 2. The lowest BCUT2D eigenvalue weighted by Gasteiger charge is -2.03. The van der Waals surface area contributed by atoms with Gasteiger partial charge in [-0.15, -0.1) is 22.7 Å². The van der Waals surface area contributed by atoms with Gasteiger partial charge >= 0.3 is 0 Å². The molecular weight excluding hydrogens is 326 g/mol. The maximum atomic E-state index is 11.4. The summed E-state index contributed by atoms with van der Waals surface area (Å²) >= 11 is 3.18. The van der Waals surface area contributed by atoms with Crippen LogP contribution in [0, 0.1) is 0 Å². The zero-order valence-electron chi connectivity index (χ0n) is 12.6. The number of hydrogen-bond donors (Lipinski definition) is 1. The lowest BCUT2D eigenvalue weighted by atomic mass is 10.2. The lowest BCUT2D eigenvalue weighted by molar-refractivity contribution is 0.102. The van der Waals surface area contributed by atoms with Crippen molar-refractivity contribution in [2.45, 2.75) is 25.8 Å². The Morgan fingerprint density at radius 2 is 2.17 bits per heavy atom.